The van der Waals surface area contributed by atoms with Crippen LogP contribution in [-0.4, -0.2) is 31.9 Å². The van der Waals surface area contributed by atoms with E-state index in [1.165, 1.54) is 36.8 Å². The molecule has 1 aromatic rings. The summed E-state index contributed by atoms with van der Waals surface area (Å²) < 4.78 is 11.8. The van der Waals surface area contributed by atoms with Crippen LogP contribution in [-0.2, 0) is 11.2 Å². The van der Waals surface area contributed by atoms with Crippen molar-refractivity contribution in [3.63, 3.8) is 0 Å². The number of rotatable bonds is 6. The highest BCUT2D eigenvalue weighted by Crippen LogP contribution is 2.29. The summed E-state index contributed by atoms with van der Waals surface area (Å²) in [7, 11) is 0. The molecule has 0 saturated heterocycles. The van der Waals surface area contributed by atoms with E-state index in [0.717, 1.165) is 31.9 Å². The SMILES string of the molecule is Cc1ccc2c(c1)CC(CNCCOC1CCCC1)O2. The minimum atomic E-state index is 0.276. The normalized spacial score (nSPS) is 21.9. The Morgan fingerprint density at radius 1 is 1.30 bits per heavy atom. The van der Waals surface area contributed by atoms with Crippen LogP contribution in [0.3, 0.4) is 0 Å². The molecule has 1 N–H and O–H groups in total. The van der Waals surface area contributed by atoms with Gasteiger partial charge in [0.05, 0.1) is 12.7 Å². The molecule has 1 heterocycles. The molecule has 3 heteroatoms. The van der Waals surface area contributed by atoms with Crippen LogP contribution < -0.4 is 10.1 Å². The Morgan fingerprint density at radius 3 is 3.00 bits per heavy atom. The van der Waals surface area contributed by atoms with Crippen molar-refractivity contribution in [1.29, 1.82) is 0 Å². The maximum Gasteiger partial charge on any atom is 0.123 e. The smallest absolute Gasteiger partial charge is 0.123 e. The number of aryl methyl sites for hydroxylation is 1. The summed E-state index contributed by atoms with van der Waals surface area (Å²) in [6.45, 7) is 4.78. The van der Waals surface area contributed by atoms with E-state index < -0.39 is 0 Å². The summed E-state index contributed by atoms with van der Waals surface area (Å²) in [4.78, 5) is 0. The molecule has 0 aromatic heterocycles. The van der Waals surface area contributed by atoms with Crippen LogP contribution in [0.2, 0.25) is 0 Å². The Morgan fingerprint density at radius 2 is 2.15 bits per heavy atom. The van der Waals surface area contributed by atoms with Crippen molar-refractivity contribution < 1.29 is 9.47 Å². The average molecular weight is 275 g/mol. The molecular weight excluding hydrogens is 250 g/mol. The standard InChI is InChI=1S/C17H25NO2/c1-13-6-7-17-14(10-13)11-16(20-17)12-18-8-9-19-15-4-2-3-5-15/h6-7,10,15-16,18H,2-5,8-9,11-12H2,1H3. The maximum atomic E-state index is 5.94. The number of nitrogens with one attached hydrogen (secondary N) is 1. The number of hydrogen-bond acceptors (Lipinski definition) is 3. The first-order valence-corrected chi connectivity index (χ1v) is 7.90. The van der Waals surface area contributed by atoms with Crippen molar-refractivity contribution in [1.82, 2.24) is 5.32 Å². The van der Waals surface area contributed by atoms with Crippen LogP contribution >= 0.6 is 0 Å². The van der Waals surface area contributed by atoms with Crippen LogP contribution in [0.1, 0.15) is 36.8 Å². The number of hydrogen-bond donors (Lipinski definition) is 1. The first-order valence-electron chi connectivity index (χ1n) is 7.90. The molecule has 1 saturated carbocycles. The van der Waals surface area contributed by atoms with Crippen LogP contribution in [0.4, 0.5) is 0 Å². The number of benzene rings is 1. The molecule has 1 aliphatic heterocycles. The Bertz CT molecular complexity index is 441. The summed E-state index contributed by atoms with van der Waals surface area (Å²) in [5, 5.41) is 3.45. The molecule has 1 aromatic carbocycles. The lowest BCUT2D eigenvalue weighted by Crippen LogP contribution is -2.32. The van der Waals surface area contributed by atoms with Crippen molar-refractivity contribution in [3.05, 3.63) is 29.3 Å². The van der Waals surface area contributed by atoms with Crippen LogP contribution in [0, 0.1) is 6.92 Å². The molecular formula is C17H25NO2. The second-order valence-corrected chi connectivity index (χ2v) is 6.04. The fourth-order valence-corrected chi connectivity index (χ4v) is 3.18. The third-order valence-corrected chi connectivity index (χ3v) is 4.26. The molecule has 1 fully saturated rings. The van der Waals surface area contributed by atoms with Gasteiger partial charge in [0.2, 0.25) is 0 Å². The highest BCUT2D eigenvalue weighted by Gasteiger charge is 2.22. The predicted molar refractivity (Wildman–Crippen MR) is 80.4 cm³/mol. The minimum absolute atomic E-state index is 0.276. The van der Waals surface area contributed by atoms with Gasteiger partial charge in [-0.1, -0.05) is 30.5 Å². The van der Waals surface area contributed by atoms with E-state index in [-0.39, 0.29) is 6.10 Å². The second kappa shape index (κ2) is 6.59. The fraction of sp³-hybridized carbons (Fsp3) is 0.647. The van der Waals surface area contributed by atoms with Gasteiger partial charge >= 0.3 is 0 Å². The van der Waals surface area contributed by atoms with E-state index in [0.29, 0.717) is 6.10 Å². The Labute approximate surface area is 121 Å². The van der Waals surface area contributed by atoms with Gasteiger partial charge in [0, 0.05) is 19.5 Å². The molecule has 1 aliphatic carbocycles. The molecule has 0 radical (unpaired) electrons. The predicted octanol–water partition coefficient (Wildman–Crippen LogP) is 2.85. The summed E-state index contributed by atoms with van der Waals surface area (Å²) in [6.07, 6.45) is 7.00. The summed E-state index contributed by atoms with van der Waals surface area (Å²) in [6, 6.07) is 6.44. The molecule has 110 valence electrons. The van der Waals surface area contributed by atoms with E-state index in [4.69, 9.17) is 9.47 Å². The van der Waals surface area contributed by atoms with E-state index in [9.17, 15) is 0 Å². The first kappa shape index (κ1) is 13.9. The lowest BCUT2D eigenvalue weighted by molar-refractivity contribution is 0.0593. The molecule has 20 heavy (non-hydrogen) atoms. The number of ether oxygens (including phenoxy) is 2. The Hall–Kier alpha value is -1.06. The van der Waals surface area contributed by atoms with Crippen molar-refractivity contribution in [2.75, 3.05) is 19.7 Å². The Balaban J connectivity index is 1.32. The second-order valence-electron chi connectivity index (χ2n) is 6.04. The van der Waals surface area contributed by atoms with Gasteiger partial charge in [0.15, 0.2) is 0 Å². The van der Waals surface area contributed by atoms with Gasteiger partial charge in [0.1, 0.15) is 11.9 Å². The minimum Gasteiger partial charge on any atom is -0.488 e. The van der Waals surface area contributed by atoms with Gasteiger partial charge in [-0.05, 0) is 31.4 Å². The van der Waals surface area contributed by atoms with Crippen molar-refractivity contribution in [2.24, 2.45) is 0 Å². The monoisotopic (exact) mass is 275 g/mol. The van der Waals surface area contributed by atoms with Gasteiger partial charge in [-0.15, -0.1) is 0 Å². The largest absolute Gasteiger partial charge is 0.488 e. The molecule has 1 atom stereocenters. The van der Waals surface area contributed by atoms with E-state index >= 15 is 0 Å². The van der Waals surface area contributed by atoms with E-state index in [2.05, 4.69) is 30.4 Å². The summed E-state index contributed by atoms with van der Waals surface area (Å²) >= 11 is 0. The van der Waals surface area contributed by atoms with Gasteiger partial charge < -0.3 is 14.8 Å². The molecule has 3 nitrogen and oxygen atoms in total. The average Bonchev–Trinajstić information content (AvgIpc) is 3.06. The van der Waals surface area contributed by atoms with Crippen molar-refractivity contribution >= 4 is 0 Å². The maximum absolute atomic E-state index is 5.94. The summed E-state index contributed by atoms with van der Waals surface area (Å²) in [5.41, 5.74) is 2.66. The lowest BCUT2D eigenvalue weighted by atomic mass is 10.1. The molecule has 1 unspecified atom stereocenters. The Kier molecular flexibility index (Phi) is 4.58. The molecule has 0 amide bonds. The molecule has 3 rings (SSSR count). The zero-order valence-corrected chi connectivity index (χ0v) is 12.4. The highest BCUT2D eigenvalue weighted by atomic mass is 16.5. The molecule has 0 bridgehead atoms. The summed E-state index contributed by atoms with van der Waals surface area (Å²) in [5.74, 6) is 1.06. The third-order valence-electron chi connectivity index (χ3n) is 4.26. The van der Waals surface area contributed by atoms with Crippen LogP contribution in [0.25, 0.3) is 0 Å². The quantitative estimate of drug-likeness (QED) is 0.810. The van der Waals surface area contributed by atoms with Crippen LogP contribution in [0.15, 0.2) is 18.2 Å². The first-order chi connectivity index (χ1) is 9.81. The topological polar surface area (TPSA) is 30.5 Å². The zero-order chi connectivity index (χ0) is 13.8. The highest BCUT2D eigenvalue weighted by molar-refractivity contribution is 5.40. The van der Waals surface area contributed by atoms with Crippen LogP contribution in [0.5, 0.6) is 5.75 Å². The molecule has 0 spiro atoms. The van der Waals surface area contributed by atoms with E-state index in [1.54, 1.807) is 0 Å². The van der Waals surface area contributed by atoms with Gasteiger partial charge in [-0.25, -0.2) is 0 Å². The molecule has 2 aliphatic rings. The van der Waals surface area contributed by atoms with Gasteiger partial charge in [0.25, 0.3) is 0 Å². The zero-order valence-electron chi connectivity index (χ0n) is 12.4. The van der Waals surface area contributed by atoms with Gasteiger partial charge in [-0.3, -0.25) is 0 Å². The fourth-order valence-electron chi connectivity index (χ4n) is 3.18. The van der Waals surface area contributed by atoms with Crippen molar-refractivity contribution in [2.45, 2.75) is 51.2 Å². The van der Waals surface area contributed by atoms with E-state index in [1.807, 2.05) is 0 Å². The third kappa shape index (κ3) is 3.53. The van der Waals surface area contributed by atoms with Crippen molar-refractivity contribution in [3.8, 4) is 5.75 Å². The number of fused-ring (bicyclic) bond motifs is 1. The lowest BCUT2D eigenvalue weighted by Gasteiger charge is -2.14. The van der Waals surface area contributed by atoms with Gasteiger partial charge in [-0.2, -0.15) is 0 Å².